The van der Waals surface area contributed by atoms with Gasteiger partial charge in [0.25, 0.3) is 5.91 Å². The first-order valence-electron chi connectivity index (χ1n) is 9.70. The first-order chi connectivity index (χ1) is 13.9. The lowest BCUT2D eigenvalue weighted by atomic mass is 9.81. The number of amides is 1. The summed E-state index contributed by atoms with van der Waals surface area (Å²) in [7, 11) is 3.08. The van der Waals surface area contributed by atoms with Gasteiger partial charge < -0.3 is 19.1 Å². The van der Waals surface area contributed by atoms with Crippen LogP contribution >= 0.6 is 0 Å². The molecule has 0 radical (unpaired) electrons. The van der Waals surface area contributed by atoms with Crippen LogP contribution in [0.1, 0.15) is 49.4 Å². The van der Waals surface area contributed by atoms with E-state index in [1.54, 1.807) is 25.3 Å². The molecule has 1 fully saturated rings. The molecule has 1 saturated carbocycles. The van der Waals surface area contributed by atoms with Gasteiger partial charge in [0, 0.05) is 7.05 Å². The Morgan fingerprint density at radius 2 is 2.00 bits per heavy atom. The van der Waals surface area contributed by atoms with Crippen molar-refractivity contribution in [2.24, 2.45) is 0 Å². The molecule has 0 spiro atoms. The number of carbonyl (C=O) groups is 2. The first-order valence-corrected chi connectivity index (χ1v) is 9.70. The van der Waals surface area contributed by atoms with Gasteiger partial charge >= 0.3 is 5.97 Å². The van der Waals surface area contributed by atoms with E-state index in [0.717, 1.165) is 19.3 Å². The quantitative estimate of drug-likeness (QED) is 0.490. The third-order valence-corrected chi connectivity index (χ3v) is 5.25. The molecule has 29 heavy (non-hydrogen) atoms. The second-order valence-corrected chi connectivity index (χ2v) is 7.11. The topological polar surface area (TPSA) is 88.9 Å². The molecule has 0 heterocycles. The highest BCUT2D eigenvalue weighted by Crippen LogP contribution is 2.33. The molecule has 0 saturated heterocycles. The zero-order valence-electron chi connectivity index (χ0n) is 17.3. The van der Waals surface area contributed by atoms with Crippen LogP contribution in [0.2, 0.25) is 0 Å². The Kier molecular flexibility index (Phi) is 7.66. The van der Waals surface area contributed by atoms with Gasteiger partial charge in [-0.3, -0.25) is 4.79 Å². The molecule has 7 heteroatoms. The van der Waals surface area contributed by atoms with Crippen molar-refractivity contribution in [1.29, 1.82) is 5.26 Å². The van der Waals surface area contributed by atoms with Crippen LogP contribution in [0.4, 0.5) is 0 Å². The third-order valence-electron chi connectivity index (χ3n) is 5.25. The van der Waals surface area contributed by atoms with Gasteiger partial charge in [0.2, 0.25) is 0 Å². The summed E-state index contributed by atoms with van der Waals surface area (Å²) in [6, 6.07) is 6.95. The minimum Gasteiger partial charge on any atom is -0.493 e. The zero-order chi connectivity index (χ0) is 21.4. The summed E-state index contributed by atoms with van der Waals surface area (Å²) in [5.41, 5.74) is -0.591. The minimum absolute atomic E-state index is 0.239. The maximum atomic E-state index is 12.8. The van der Waals surface area contributed by atoms with Crippen LogP contribution < -0.4 is 9.47 Å². The predicted molar refractivity (Wildman–Crippen MR) is 108 cm³/mol. The van der Waals surface area contributed by atoms with Crippen LogP contribution in [-0.4, -0.2) is 49.2 Å². The summed E-state index contributed by atoms with van der Waals surface area (Å²) in [6.07, 6.45) is 4.72. The van der Waals surface area contributed by atoms with E-state index in [1.165, 1.54) is 25.0 Å². The molecule has 0 aliphatic heterocycles. The molecular formula is C22H28N2O5. The van der Waals surface area contributed by atoms with Gasteiger partial charge in [-0.1, -0.05) is 31.9 Å². The SMILES string of the molecule is C=CCOc1ccc(C(=O)O[C@@H](C)C(=O)N(C)C2(C#N)CCCCC2)cc1OC. The molecule has 156 valence electrons. The van der Waals surface area contributed by atoms with Gasteiger partial charge in [-0.05, 0) is 38.0 Å². The van der Waals surface area contributed by atoms with Crippen molar-refractivity contribution in [3.63, 3.8) is 0 Å². The number of rotatable bonds is 8. The molecule has 7 nitrogen and oxygen atoms in total. The normalized spacial score (nSPS) is 16.1. The van der Waals surface area contributed by atoms with E-state index in [0.29, 0.717) is 30.9 Å². The lowest BCUT2D eigenvalue weighted by Crippen LogP contribution is -2.53. The Bertz CT molecular complexity index is 793. The molecule has 1 amide bonds. The number of hydrogen-bond donors (Lipinski definition) is 0. The second-order valence-electron chi connectivity index (χ2n) is 7.11. The van der Waals surface area contributed by atoms with E-state index in [-0.39, 0.29) is 11.5 Å². The summed E-state index contributed by atoms with van der Waals surface area (Å²) < 4.78 is 16.1. The number of benzene rings is 1. The molecule has 0 unspecified atom stereocenters. The van der Waals surface area contributed by atoms with Crippen molar-refractivity contribution in [2.75, 3.05) is 20.8 Å². The maximum Gasteiger partial charge on any atom is 0.339 e. The summed E-state index contributed by atoms with van der Waals surface area (Å²) in [5.74, 6) is -0.189. The summed E-state index contributed by atoms with van der Waals surface area (Å²) in [5, 5.41) is 9.66. The molecule has 0 bridgehead atoms. The van der Waals surface area contributed by atoms with Gasteiger partial charge in [-0.25, -0.2) is 4.79 Å². The fraction of sp³-hybridized carbons (Fsp3) is 0.500. The number of ether oxygens (including phenoxy) is 3. The lowest BCUT2D eigenvalue weighted by molar-refractivity contribution is -0.143. The average molecular weight is 400 g/mol. The van der Waals surface area contributed by atoms with Crippen molar-refractivity contribution in [3.8, 4) is 17.6 Å². The average Bonchev–Trinajstić information content (AvgIpc) is 2.76. The molecular weight excluding hydrogens is 372 g/mol. The molecule has 1 aromatic rings. The number of likely N-dealkylation sites (N-methyl/N-ethyl adjacent to an activating group) is 1. The van der Waals surface area contributed by atoms with Crippen molar-refractivity contribution in [1.82, 2.24) is 4.90 Å². The summed E-state index contributed by atoms with van der Waals surface area (Å²) >= 11 is 0. The molecule has 1 aromatic carbocycles. The van der Waals surface area contributed by atoms with E-state index in [1.807, 2.05) is 0 Å². The van der Waals surface area contributed by atoms with E-state index in [9.17, 15) is 14.9 Å². The molecule has 0 aromatic heterocycles. The Morgan fingerprint density at radius 3 is 2.59 bits per heavy atom. The van der Waals surface area contributed by atoms with Gasteiger partial charge in [-0.15, -0.1) is 0 Å². The van der Waals surface area contributed by atoms with Gasteiger partial charge in [0.15, 0.2) is 17.6 Å². The Morgan fingerprint density at radius 1 is 1.31 bits per heavy atom. The van der Waals surface area contributed by atoms with Crippen molar-refractivity contribution in [2.45, 2.75) is 50.7 Å². The largest absolute Gasteiger partial charge is 0.493 e. The molecule has 0 N–H and O–H groups in total. The highest BCUT2D eigenvalue weighted by molar-refractivity contribution is 5.93. The fourth-order valence-corrected chi connectivity index (χ4v) is 3.48. The second kappa shape index (κ2) is 9.97. The first kappa shape index (κ1) is 22.3. The van der Waals surface area contributed by atoms with Crippen LogP contribution in [0, 0.1) is 11.3 Å². The van der Waals surface area contributed by atoms with Gasteiger partial charge in [0.05, 0.1) is 18.7 Å². The zero-order valence-corrected chi connectivity index (χ0v) is 17.3. The van der Waals surface area contributed by atoms with E-state index >= 15 is 0 Å². The molecule has 1 aliphatic carbocycles. The van der Waals surface area contributed by atoms with Crippen LogP contribution in [0.3, 0.4) is 0 Å². The van der Waals surface area contributed by atoms with Gasteiger partial charge in [0.1, 0.15) is 12.1 Å². The minimum atomic E-state index is -1.01. The van der Waals surface area contributed by atoms with E-state index < -0.39 is 17.6 Å². The Hall–Kier alpha value is -3.01. The van der Waals surface area contributed by atoms with Crippen LogP contribution in [-0.2, 0) is 9.53 Å². The summed E-state index contributed by atoms with van der Waals surface area (Å²) in [4.78, 5) is 26.8. The lowest BCUT2D eigenvalue weighted by Gasteiger charge is -2.39. The highest BCUT2D eigenvalue weighted by Gasteiger charge is 2.40. The van der Waals surface area contributed by atoms with Crippen molar-refractivity contribution >= 4 is 11.9 Å². The van der Waals surface area contributed by atoms with Crippen LogP contribution in [0.5, 0.6) is 11.5 Å². The number of carbonyl (C=O) groups excluding carboxylic acids is 2. The third kappa shape index (κ3) is 5.08. The van der Waals surface area contributed by atoms with E-state index in [4.69, 9.17) is 14.2 Å². The Balaban J connectivity index is 2.08. The van der Waals surface area contributed by atoms with Gasteiger partial charge in [-0.2, -0.15) is 5.26 Å². The number of nitriles is 1. The van der Waals surface area contributed by atoms with E-state index in [2.05, 4.69) is 12.6 Å². The van der Waals surface area contributed by atoms with Crippen LogP contribution in [0.25, 0.3) is 0 Å². The number of nitrogens with zero attached hydrogens (tertiary/aromatic N) is 2. The number of hydrogen-bond acceptors (Lipinski definition) is 6. The Labute approximate surface area is 171 Å². The van der Waals surface area contributed by atoms with Crippen LogP contribution in [0.15, 0.2) is 30.9 Å². The molecule has 1 atom stereocenters. The molecule has 2 rings (SSSR count). The number of esters is 1. The fourth-order valence-electron chi connectivity index (χ4n) is 3.48. The van der Waals surface area contributed by atoms with Crippen molar-refractivity contribution in [3.05, 3.63) is 36.4 Å². The van der Waals surface area contributed by atoms with Crippen molar-refractivity contribution < 1.29 is 23.8 Å². The standard InChI is InChI=1S/C22H28N2O5/c1-5-13-28-18-10-9-17(14-19(18)27-4)21(26)29-16(2)20(25)24(3)22(15-23)11-7-6-8-12-22/h5,9-10,14,16H,1,6-8,11-13H2,2-4H3/t16-/m0/s1. The highest BCUT2D eigenvalue weighted by atomic mass is 16.5. The number of methoxy groups -OCH3 is 1. The predicted octanol–water partition coefficient (Wildman–Crippen LogP) is 3.49. The summed E-state index contributed by atoms with van der Waals surface area (Å²) in [6.45, 7) is 5.41. The maximum absolute atomic E-state index is 12.8. The smallest absolute Gasteiger partial charge is 0.339 e. The monoisotopic (exact) mass is 400 g/mol. The molecule has 1 aliphatic rings.